The molecule has 0 saturated carbocycles. The van der Waals surface area contributed by atoms with Crippen LogP contribution in [0, 0.1) is 3.57 Å². The number of nitrogens with one attached hydrogen (secondary N) is 1. The molecule has 1 saturated heterocycles. The van der Waals surface area contributed by atoms with E-state index in [-0.39, 0.29) is 17.1 Å². The average molecular weight is 594 g/mol. The van der Waals surface area contributed by atoms with E-state index >= 15 is 0 Å². The van der Waals surface area contributed by atoms with Crippen LogP contribution in [-0.2, 0) is 14.4 Å². The van der Waals surface area contributed by atoms with Gasteiger partial charge in [0.1, 0.15) is 5.57 Å². The fourth-order valence-electron chi connectivity index (χ4n) is 3.38. The minimum Gasteiger partial charge on any atom is -0.493 e. The zero-order valence-corrected chi connectivity index (χ0v) is 21.1. The highest BCUT2D eigenvalue weighted by atomic mass is 127. The largest absolute Gasteiger partial charge is 0.493 e. The summed E-state index contributed by atoms with van der Waals surface area (Å²) in [5, 5.41) is 2.19. The zero-order chi connectivity index (χ0) is 25.7. The van der Waals surface area contributed by atoms with E-state index in [4.69, 9.17) is 9.47 Å². The molecule has 0 spiro atoms. The summed E-state index contributed by atoms with van der Waals surface area (Å²) in [6.45, 7) is 0. The van der Waals surface area contributed by atoms with E-state index in [2.05, 4.69) is 27.9 Å². The fraction of sp³-hybridized carbons (Fsp3) is 0.0370. The van der Waals surface area contributed by atoms with Crippen LogP contribution in [-0.4, -0.2) is 30.9 Å². The molecule has 180 valence electrons. The van der Waals surface area contributed by atoms with Crippen molar-refractivity contribution in [2.24, 2.45) is 0 Å². The molecule has 1 heterocycles. The lowest BCUT2D eigenvalue weighted by atomic mass is 10.1. The van der Waals surface area contributed by atoms with Crippen molar-refractivity contribution in [2.75, 3.05) is 12.0 Å². The van der Waals surface area contributed by atoms with E-state index in [0.717, 1.165) is 14.0 Å². The van der Waals surface area contributed by atoms with Crippen LogP contribution in [0.2, 0.25) is 0 Å². The van der Waals surface area contributed by atoms with E-state index in [1.165, 1.54) is 31.4 Å². The maximum absolute atomic E-state index is 13.1. The van der Waals surface area contributed by atoms with E-state index in [1.54, 1.807) is 36.4 Å². The minimum absolute atomic E-state index is 0.164. The highest BCUT2D eigenvalue weighted by molar-refractivity contribution is 14.1. The van der Waals surface area contributed by atoms with Crippen LogP contribution in [0.1, 0.15) is 11.1 Å². The Morgan fingerprint density at radius 1 is 0.917 bits per heavy atom. The number of hydrogen-bond donors (Lipinski definition) is 1. The Morgan fingerprint density at radius 2 is 1.64 bits per heavy atom. The van der Waals surface area contributed by atoms with Crippen molar-refractivity contribution in [1.29, 1.82) is 0 Å². The van der Waals surface area contributed by atoms with E-state index in [0.29, 0.717) is 11.3 Å². The number of methoxy groups -OCH3 is 1. The number of benzene rings is 3. The fourth-order valence-corrected chi connectivity index (χ4v) is 3.74. The van der Waals surface area contributed by atoms with Crippen LogP contribution in [0.4, 0.5) is 10.5 Å². The van der Waals surface area contributed by atoms with Crippen molar-refractivity contribution in [3.8, 4) is 11.5 Å². The van der Waals surface area contributed by atoms with Crippen LogP contribution < -0.4 is 19.7 Å². The molecule has 0 bridgehead atoms. The maximum atomic E-state index is 13.1. The molecular formula is C27H19IN2O6. The maximum Gasteiger partial charge on any atom is 0.336 e. The van der Waals surface area contributed by atoms with E-state index in [9.17, 15) is 19.2 Å². The number of urea groups is 1. The van der Waals surface area contributed by atoms with Gasteiger partial charge in [-0.3, -0.25) is 14.9 Å². The molecule has 9 heteroatoms. The summed E-state index contributed by atoms with van der Waals surface area (Å²) in [7, 11) is 1.40. The molecular weight excluding hydrogens is 575 g/mol. The van der Waals surface area contributed by atoms with Gasteiger partial charge in [0.25, 0.3) is 11.8 Å². The van der Waals surface area contributed by atoms with Gasteiger partial charge in [-0.05, 0) is 82.3 Å². The average Bonchev–Trinajstić information content (AvgIpc) is 2.87. The lowest BCUT2D eigenvalue weighted by molar-refractivity contribution is -0.129. The number of nitrogens with zero attached hydrogens (tertiary/aromatic N) is 1. The Kier molecular flexibility index (Phi) is 7.59. The van der Waals surface area contributed by atoms with Crippen molar-refractivity contribution >= 4 is 64.2 Å². The summed E-state index contributed by atoms with van der Waals surface area (Å²) in [6, 6.07) is 19.8. The summed E-state index contributed by atoms with van der Waals surface area (Å²) in [5.41, 5.74) is 1.38. The second-order valence-corrected chi connectivity index (χ2v) is 8.76. The summed E-state index contributed by atoms with van der Waals surface area (Å²) >= 11 is 2.11. The molecule has 1 aliphatic heterocycles. The molecule has 4 amide bonds. The van der Waals surface area contributed by atoms with E-state index in [1.807, 2.05) is 30.3 Å². The van der Waals surface area contributed by atoms with Crippen LogP contribution in [0.3, 0.4) is 0 Å². The third-order valence-electron chi connectivity index (χ3n) is 5.11. The minimum atomic E-state index is -0.827. The Bertz CT molecular complexity index is 1400. The summed E-state index contributed by atoms with van der Waals surface area (Å²) in [4.78, 5) is 51.0. The Hall–Kier alpha value is -4.25. The van der Waals surface area contributed by atoms with Gasteiger partial charge in [0.05, 0.1) is 12.8 Å². The molecule has 1 N–H and O–H groups in total. The number of esters is 1. The molecule has 0 radical (unpaired) electrons. The van der Waals surface area contributed by atoms with Crippen LogP contribution in [0.15, 0.2) is 84.4 Å². The van der Waals surface area contributed by atoms with Gasteiger partial charge >= 0.3 is 12.0 Å². The Morgan fingerprint density at radius 3 is 2.33 bits per heavy atom. The summed E-state index contributed by atoms with van der Waals surface area (Å²) in [5.74, 6) is -1.79. The van der Waals surface area contributed by atoms with Crippen molar-refractivity contribution in [3.63, 3.8) is 0 Å². The molecule has 0 aliphatic carbocycles. The molecule has 8 nitrogen and oxygen atoms in total. The highest BCUT2D eigenvalue weighted by Crippen LogP contribution is 2.30. The molecule has 3 aromatic rings. The number of barbiturate groups is 1. The number of rotatable bonds is 6. The van der Waals surface area contributed by atoms with Gasteiger partial charge in [-0.15, -0.1) is 0 Å². The number of hydrogen-bond acceptors (Lipinski definition) is 6. The van der Waals surface area contributed by atoms with Crippen LogP contribution in [0.5, 0.6) is 11.5 Å². The Labute approximate surface area is 220 Å². The first kappa shape index (κ1) is 24.9. The first-order chi connectivity index (χ1) is 17.4. The van der Waals surface area contributed by atoms with Gasteiger partial charge in [0.15, 0.2) is 11.5 Å². The quantitative estimate of drug-likeness (QED) is 0.147. The number of carbonyl (C=O) groups excluding carboxylic acids is 4. The number of imide groups is 2. The SMILES string of the molecule is COc1cc(/C=C2\C(=O)NC(=O)N(c3ccc(I)cc3)C2=O)ccc1OC(=O)/C=C/c1ccccc1. The second kappa shape index (κ2) is 11.0. The smallest absolute Gasteiger partial charge is 0.336 e. The second-order valence-electron chi connectivity index (χ2n) is 7.51. The lowest BCUT2D eigenvalue weighted by Gasteiger charge is -2.26. The van der Waals surface area contributed by atoms with Crippen molar-refractivity contribution < 1.29 is 28.7 Å². The number of carbonyl (C=O) groups is 4. The Balaban J connectivity index is 1.56. The zero-order valence-electron chi connectivity index (χ0n) is 18.9. The molecule has 3 aromatic carbocycles. The predicted molar refractivity (Wildman–Crippen MR) is 142 cm³/mol. The van der Waals surface area contributed by atoms with Crippen molar-refractivity contribution in [2.45, 2.75) is 0 Å². The van der Waals surface area contributed by atoms with Gasteiger partial charge in [-0.2, -0.15) is 0 Å². The van der Waals surface area contributed by atoms with Crippen LogP contribution in [0.25, 0.3) is 12.2 Å². The third kappa shape index (κ3) is 5.69. The van der Waals surface area contributed by atoms with E-state index < -0.39 is 23.8 Å². The summed E-state index contributed by atoms with van der Waals surface area (Å²) < 4.78 is 11.6. The topological polar surface area (TPSA) is 102 Å². The van der Waals surface area contributed by atoms with Gasteiger partial charge in [0.2, 0.25) is 0 Å². The molecule has 0 unspecified atom stereocenters. The molecule has 1 aliphatic rings. The standard InChI is InChI=1S/C27H19IN2O6/c1-35-23-16-18(7-13-22(23)36-24(31)14-8-17-5-3-2-4-6-17)15-21-25(32)29-27(34)30(26(21)33)20-11-9-19(28)10-12-20/h2-16H,1H3,(H,29,32,34)/b14-8+,21-15+. The molecule has 1 fully saturated rings. The molecule has 4 rings (SSSR count). The van der Waals surface area contributed by atoms with Crippen molar-refractivity contribution in [1.82, 2.24) is 5.32 Å². The normalized spacial score (nSPS) is 14.8. The predicted octanol–water partition coefficient (Wildman–Crippen LogP) is 4.59. The van der Waals surface area contributed by atoms with Crippen LogP contribution >= 0.6 is 22.6 Å². The van der Waals surface area contributed by atoms with Crippen molar-refractivity contribution in [3.05, 3.63) is 99.1 Å². The number of ether oxygens (including phenoxy) is 2. The number of halogens is 1. The molecule has 0 atom stereocenters. The highest BCUT2D eigenvalue weighted by Gasteiger charge is 2.36. The first-order valence-corrected chi connectivity index (χ1v) is 11.7. The van der Waals surface area contributed by atoms with Gasteiger partial charge in [0, 0.05) is 9.65 Å². The number of anilines is 1. The third-order valence-corrected chi connectivity index (χ3v) is 5.83. The van der Waals surface area contributed by atoms with Gasteiger partial charge < -0.3 is 9.47 Å². The summed E-state index contributed by atoms with van der Waals surface area (Å²) in [6.07, 6.45) is 4.26. The molecule has 0 aromatic heterocycles. The molecule has 36 heavy (non-hydrogen) atoms. The number of amides is 4. The lowest BCUT2D eigenvalue weighted by Crippen LogP contribution is -2.54. The van der Waals surface area contributed by atoms with Gasteiger partial charge in [-0.25, -0.2) is 14.5 Å². The monoisotopic (exact) mass is 594 g/mol. The first-order valence-electron chi connectivity index (χ1n) is 10.7. The van der Waals surface area contributed by atoms with Gasteiger partial charge in [-0.1, -0.05) is 36.4 Å².